The van der Waals surface area contributed by atoms with Crippen molar-refractivity contribution in [2.75, 3.05) is 0 Å². The zero-order valence-corrected chi connectivity index (χ0v) is 7.71. The van der Waals surface area contributed by atoms with Crippen LogP contribution in [0.25, 0.3) is 0 Å². The Balaban J connectivity index is 2.80. The third kappa shape index (κ3) is 2.66. The van der Waals surface area contributed by atoms with Crippen LogP contribution in [0.1, 0.15) is 10.4 Å². The summed E-state index contributed by atoms with van der Waals surface area (Å²) in [5.74, 6) is -0.161. The highest BCUT2D eigenvalue weighted by molar-refractivity contribution is 7.08. The van der Waals surface area contributed by atoms with Gasteiger partial charge in [-0.3, -0.25) is 4.79 Å². The lowest BCUT2D eigenvalue weighted by atomic mass is 10.2. The fraction of sp³-hybridized carbons (Fsp3) is 0. The summed E-state index contributed by atoms with van der Waals surface area (Å²) in [6.07, 6.45) is 1.19. The number of thiophene rings is 1. The predicted molar refractivity (Wildman–Crippen MR) is 48.4 cm³/mol. The van der Waals surface area contributed by atoms with Crippen LogP contribution in [0.2, 0.25) is 0 Å². The van der Waals surface area contributed by atoms with E-state index in [2.05, 4.69) is 0 Å². The van der Waals surface area contributed by atoms with Crippen LogP contribution in [0, 0.1) is 0 Å². The number of halogens is 2. The average molecular weight is 207 g/mol. The van der Waals surface area contributed by atoms with Gasteiger partial charge in [-0.2, -0.15) is 11.3 Å². The van der Waals surface area contributed by atoms with Crippen LogP contribution < -0.4 is 0 Å². The van der Waals surface area contributed by atoms with Crippen LogP contribution in [0.3, 0.4) is 0 Å². The SMILES string of the molecule is O=C(C=C(Cl)Cl)c1ccsc1. The van der Waals surface area contributed by atoms with Crippen molar-refractivity contribution in [2.24, 2.45) is 0 Å². The molecule has 1 heterocycles. The normalized spacial score (nSPS) is 9.27. The van der Waals surface area contributed by atoms with Gasteiger partial charge in [0.05, 0.1) is 0 Å². The molecule has 0 amide bonds. The largest absolute Gasteiger partial charge is 0.289 e. The number of hydrogen-bond donors (Lipinski definition) is 0. The molecule has 0 fully saturated rings. The van der Waals surface area contributed by atoms with Crippen LogP contribution in [0.5, 0.6) is 0 Å². The Hall–Kier alpha value is -0.310. The summed E-state index contributed by atoms with van der Waals surface area (Å²) in [5, 5.41) is 3.57. The Labute approximate surface area is 78.2 Å². The minimum atomic E-state index is -0.161. The Morgan fingerprint density at radius 2 is 2.27 bits per heavy atom. The fourth-order valence-electron chi connectivity index (χ4n) is 0.587. The van der Waals surface area contributed by atoms with Gasteiger partial charge in [-0.15, -0.1) is 0 Å². The predicted octanol–water partition coefficient (Wildman–Crippen LogP) is 3.25. The van der Waals surface area contributed by atoms with E-state index >= 15 is 0 Å². The number of allylic oxidation sites excluding steroid dienone is 1. The van der Waals surface area contributed by atoms with E-state index < -0.39 is 0 Å². The van der Waals surface area contributed by atoms with Gasteiger partial charge in [0.25, 0.3) is 0 Å². The van der Waals surface area contributed by atoms with E-state index in [0.29, 0.717) is 5.56 Å². The molecule has 0 N–H and O–H groups in total. The minimum Gasteiger partial charge on any atom is -0.289 e. The maximum Gasteiger partial charge on any atom is 0.189 e. The van der Waals surface area contributed by atoms with Crippen molar-refractivity contribution in [3.8, 4) is 0 Å². The summed E-state index contributed by atoms with van der Waals surface area (Å²) in [6, 6.07) is 1.72. The highest BCUT2D eigenvalue weighted by Gasteiger charge is 2.01. The number of carbonyl (C=O) groups excluding carboxylic acids is 1. The summed E-state index contributed by atoms with van der Waals surface area (Å²) in [5.41, 5.74) is 0.619. The third-order valence-electron chi connectivity index (χ3n) is 1.05. The molecule has 58 valence electrons. The van der Waals surface area contributed by atoms with E-state index in [1.807, 2.05) is 5.38 Å². The zero-order chi connectivity index (χ0) is 8.27. The highest BCUT2D eigenvalue weighted by atomic mass is 35.5. The molecule has 0 spiro atoms. The minimum absolute atomic E-state index is 0.0128. The summed E-state index contributed by atoms with van der Waals surface area (Å²) < 4.78 is -0.0128. The first-order chi connectivity index (χ1) is 5.20. The molecule has 4 heteroatoms. The first-order valence-electron chi connectivity index (χ1n) is 2.79. The Bertz CT molecular complexity index is 273. The van der Waals surface area contributed by atoms with Gasteiger partial charge in [0.2, 0.25) is 0 Å². The number of rotatable bonds is 2. The van der Waals surface area contributed by atoms with Crippen molar-refractivity contribution >= 4 is 40.3 Å². The molecular weight excluding hydrogens is 203 g/mol. The topological polar surface area (TPSA) is 17.1 Å². The molecule has 1 aromatic heterocycles. The van der Waals surface area contributed by atoms with Crippen LogP contribution in [0.15, 0.2) is 27.4 Å². The number of ketones is 1. The first-order valence-corrected chi connectivity index (χ1v) is 4.49. The van der Waals surface area contributed by atoms with Crippen molar-refractivity contribution in [3.63, 3.8) is 0 Å². The molecular formula is C7H4Cl2OS. The second kappa shape index (κ2) is 3.90. The smallest absolute Gasteiger partial charge is 0.189 e. The quantitative estimate of drug-likeness (QED) is 0.537. The molecule has 11 heavy (non-hydrogen) atoms. The summed E-state index contributed by atoms with van der Waals surface area (Å²) in [6.45, 7) is 0. The third-order valence-corrected chi connectivity index (χ3v) is 1.95. The van der Waals surface area contributed by atoms with Crippen molar-refractivity contribution < 1.29 is 4.79 Å². The number of hydrogen-bond acceptors (Lipinski definition) is 2. The summed E-state index contributed by atoms with van der Waals surface area (Å²) in [4.78, 5) is 11.1. The van der Waals surface area contributed by atoms with Crippen molar-refractivity contribution in [1.29, 1.82) is 0 Å². The Morgan fingerprint density at radius 1 is 1.55 bits per heavy atom. The van der Waals surface area contributed by atoms with E-state index in [9.17, 15) is 4.79 Å². The molecule has 0 radical (unpaired) electrons. The van der Waals surface area contributed by atoms with Crippen LogP contribution in [-0.2, 0) is 0 Å². The van der Waals surface area contributed by atoms with Crippen LogP contribution in [-0.4, -0.2) is 5.78 Å². The molecule has 0 aromatic carbocycles. The van der Waals surface area contributed by atoms with E-state index in [4.69, 9.17) is 23.2 Å². The number of carbonyl (C=O) groups is 1. The van der Waals surface area contributed by atoms with Gasteiger partial charge in [0.1, 0.15) is 4.49 Å². The second-order valence-electron chi connectivity index (χ2n) is 1.81. The monoisotopic (exact) mass is 206 g/mol. The van der Waals surface area contributed by atoms with Gasteiger partial charge in [-0.05, 0) is 11.4 Å². The van der Waals surface area contributed by atoms with E-state index in [-0.39, 0.29) is 10.3 Å². The fourth-order valence-corrected chi connectivity index (χ4v) is 1.43. The van der Waals surface area contributed by atoms with E-state index in [1.165, 1.54) is 17.4 Å². The first kappa shape index (κ1) is 8.78. The maximum absolute atomic E-state index is 11.1. The molecule has 1 nitrogen and oxygen atoms in total. The molecule has 1 aromatic rings. The molecule has 0 unspecified atom stereocenters. The zero-order valence-electron chi connectivity index (χ0n) is 5.38. The molecule has 0 saturated heterocycles. The molecule has 1 rings (SSSR count). The molecule has 0 aliphatic carbocycles. The van der Waals surface area contributed by atoms with Gasteiger partial charge in [0, 0.05) is 17.0 Å². The van der Waals surface area contributed by atoms with Gasteiger partial charge in [-0.1, -0.05) is 23.2 Å². The molecule has 0 saturated carbocycles. The van der Waals surface area contributed by atoms with Gasteiger partial charge < -0.3 is 0 Å². The van der Waals surface area contributed by atoms with Gasteiger partial charge in [-0.25, -0.2) is 0 Å². The standard InChI is InChI=1S/C7H4Cl2OS/c8-7(9)3-6(10)5-1-2-11-4-5/h1-4H. The lowest BCUT2D eigenvalue weighted by Gasteiger charge is -1.86. The summed E-state index contributed by atoms with van der Waals surface area (Å²) in [7, 11) is 0. The molecule has 0 atom stereocenters. The highest BCUT2D eigenvalue weighted by Crippen LogP contribution is 2.12. The van der Waals surface area contributed by atoms with Crippen molar-refractivity contribution in [1.82, 2.24) is 0 Å². The Kier molecular flexibility index (Phi) is 3.12. The van der Waals surface area contributed by atoms with Crippen molar-refractivity contribution in [2.45, 2.75) is 0 Å². The van der Waals surface area contributed by atoms with Gasteiger partial charge in [0.15, 0.2) is 5.78 Å². The van der Waals surface area contributed by atoms with Crippen LogP contribution in [0.4, 0.5) is 0 Å². The Morgan fingerprint density at radius 3 is 2.73 bits per heavy atom. The molecule has 0 aliphatic heterocycles. The van der Waals surface area contributed by atoms with Crippen molar-refractivity contribution in [3.05, 3.63) is 33.0 Å². The van der Waals surface area contributed by atoms with Gasteiger partial charge >= 0.3 is 0 Å². The molecule has 0 bridgehead atoms. The van der Waals surface area contributed by atoms with E-state index in [0.717, 1.165) is 0 Å². The lowest BCUT2D eigenvalue weighted by molar-refractivity contribution is 0.104. The maximum atomic E-state index is 11.1. The van der Waals surface area contributed by atoms with E-state index in [1.54, 1.807) is 11.4 Å². The average Bonchev–Trinajstić information content (AvgIpc) is 2.35. The lowest BCUT2D eigenvalue weighted by Crippen LogP contribution is -1.89. The molecule has 0 aliphatic rings. The summed E-state index contributed by atoms with van der Waals surface area (Å²) >= 11 is 12.1. The second-order valence-corrected chi connectivity index (χ2v) is 3.60. The van der Waals surface area contributed by atoms with Crippen LogP contribution >= 0.6 is 34.5 Å².